The maximum absolute atomic E-state index is 9.41. The number of anilines is 3. The highest BCUT2D eigenvalue weighted by molar-refractivity contribution is 7.99. The molecule has 1 aromatic carbocycles. The van der Waals surface area contributed by atoms with Crippen molar-refractivity contribution in [3.8, 4) is 0 Å². The predicted molar refractivity (Wildman–Crippen MR) is 125 cm³/mol. The number of aliphatic hydroxyl groups is 1. The van der Waals surface area contributed by atoms with Crippen LogP contribution in [0.15, 0.2) is 23.1 Å². The van der Waals surface area contributed by atoms with Gasteiger partial charge in [-0.2, -0.15) is 4.98 Å². The van der Waals surface area contributed by atoms with Gasteiger partial charge in [0.05, 0.1) is 0 Å². The third-order valence-electron chi connectivity index (χ3n) is 6.86. The first-order chi connectivity index (χ1) is 14.4. The summed E-state index contributed by atoms with van der Waals surface area (Å²) in [6.07, 6.45) is 2.73. The molecule has 5 N–H and O–H groups in total. The first kappa shape index (κ1) is 21.5. The van der Waals surface area contributed by atoms with Gasteiger partial charge in [0, 0.05) is 41.1 Å². The summed E-state index contributed by atoms with van der Waals surface area (Å²) in [6, 6.07) is 6.73. The first-order valence-corrected chi connectivity index (χ1v) is 11.8. The number of benzene rings is 1. The zero-order valence-corrected chi connectivity index (χ0v) is 19.2. The van der Waals surface area contributed by atoms with Gasteiger partial charge in [0.2, 0.25) is 5.95 Å². The molecule has 30 heavy (non-hydrogen) atoms. The molecule has 4 rings (SSSR count). The fourth-order valence-electron chi connectivity index (χ4n) is 4.86. The predicted octanol–water partition coefficient (Wildman–Crippen LogP) is 4.60. The number of hydrogen-bond donors (Lipinski definition) is 4. The summed E-state index contributed by atoms with van der Waals surface area (Å²) in [5.74, 6) is 2.45. The van der Waals surface area contributed by atoms with Gasteiger partial charge < -0.3 is 21.5 Å². The smallest absolute Gasteiger partial charge is 0.223 e. The summed E-state index contributed by atoms with van der Waals surface area (Å²) in [4.78, 5) is 10.1. The maximum Gasteiger partial charge on any atom is 0.223 e. The Balaban J connectivity index is 1.61. The van der Waals surface area contributed by atoms with E-state index in [1.54, 1.807) is 11.8 Å². The van der Waals surface area contributed by atoms with Gasteiger partial charge in [-0.15, -0.1) is 11.8 Å². The molecule has 0 amide bonds. The fraction of sp³-hybridized carbons (Fsp3) is 0.545. The lowest BCUT2D eigenvalue weighted by atomic mass is 9.90. The lowest BCUT2D eigenvalue weighted by molar-refractivity contribution is 0.231. The van der Waals surface area contributed by atoms with E-state index in [-0.39, 0.29) is 23.8 Å². The number of aliphatic hydroxyl groups excluding tert-OH is 1. The number of nitrogen functional groups attached to an aromatic ring is 1. The molecule has 1 saturated carbocycles. The van der Waals surface area contributed by atoms with Crippen LogP contribution in [0.25, 0.3) is 0 Å². The molecule has 2 aliphatic rings. The van der Waals surface area contributed by atoms with Crippen molar-refractivity contribution >= 4 is 40.8 Å². The van der Waals surface area contributed by atoms with Gasteiger partial charge in [0.25, 0.3) is 0 Å². The summed E-state index contributed by atoms with van der Waals surface area (Å²) < 4.78 is 0. The lowest BCUT2D eigenvalue weighted by Gasteiger charge is -2.23. The highest BCUT2D eigenvalue weighted by Gasteiger charge is 2.39. The Bertz CT molecular complexity index is 927. The van der Waals surface area contributed by atoms with Crippen molar-refractivity contribution in [2.24, 2.45) is 17.8 Å². The van der Waals surface area contributed by atoms with E-state index in [0.29, 0.717) is 22.9 Å². The molecule has 0 spiro atoms. The van der Waals surface area contributed by atoms with Crippen molar-refractivity contribution in [2.45, 2.75) is 49.3 Å². The number of fused-ring (bicyclic) bond motifs is 1. The molecule has 8 heteroatoms. The van der Waals surface area contributed by atoms with Crippen LogP contribution < -0.4 is 16.4 Å². The van der Waals surface area contributed by atoms with Crippen molar-refractivity contribution in [3.05, 3.63) is 34.5 Å². The number of nitrogens with zero attached hydrogens (tertiary/aromatic N) is 2. The van der Waals surface area contributed by atoms with E-state index >= 15 is 0 Å². The Labute approximate surface area is 187 Å². The SMILES string of the molecule is CNc1ccc2c(c1)SC(c1c(Cl)nc(N)nc1NC1CC(CCO)C(C)C1C)C2. The third-order valence-corrected chi connectivity index (χ3v) is 8.46. The molecule has 2 aromatic rings. The normalized spacial score (nSPS) is 27.8. The van der Waals surface area contributed by atoms with E-state index in [4.69, 9.17) is 17.3 Å². The van der Waals surface area contributed by atoms with Crippen molar-refractivity contribution in [1.29, 1.82) is 0 Å². The zero-order chi connectivity index (χ0) is 21.4. The van der Waals surface area contributed by atoms with Crippen LogP contribution in [-0.4, -0.2) is 34.8 Å². The minimum Gasteiger partial charge on any atom is -0.396 e. The van der Waals surface area contributed by atoms with E-state index < -0.39 is 0 Å². The molecule has 1 aromatic heterocycles. The van der Waals surface area contributed by atoms with Crippen molar-refractivity contribution in [1.82, 2.24) is 9.97 Å². The van der Waals surface area contributed by atoms with Gasteiger partial charge in [0.1, 0.15) is 11.0 Å². The second kappa shape index (κ2) is 8.81. The molecule has 0 radical (unpaired) electrons. The molecule has 5 atom stereocenters. The number of hydrogen-bond acceptors (Lipinski definition) is 7. The Morgan fingerprint density at radius 2 is 2.07 bits per heavy atom. The van der Waals surface area contributed by atoms with Crippen molar-refractivity contribution in [3.63, 3.8) is 0 Å². The van der Waals surface area contributed by atoms with Gasteiger partial charge in [-0.3, -0.25) is 0 Å². The average molecular weight is 448 g/mol. The van der Waals surface area contributed by atoms with Crippen LogP contribution in [0.2, 0.25) is 5.15 Å². The third kappa shape index (κ3) is 4.07. The molecular formula is C22H30ClN5OS. The van der Waals surface area contributed by atoms with Crippen LogP contribution in [-0.2, 0) is 6.42 Å². The molecular weight excluding hydrogens is 418 g/mol. The van der Waals surface area contributed by atoms with E-state index in [1.807, 2.05) is 7.05 Å². The van der Waals surface area contributed by atoms with Crippen molar-refractivity contribution < 1.29 is 5.11 Å². The minimum atomic E-state index is 0.144. The molecule has 0 saturated heterocycles. The Morgan fingerprint density at radius 3 is 2.80 bits per heavy atom. The Kier molecular flexibility index (Phi) is 6.32. The van der Waals surface area contributed by atoms with Crippen LogP contribution in [0, 0.1) is 17.8 Å². The van der Waals surface area contributed by atoms with E-state index in [1.165, 1.54) is 10.5 Å². The molecule has 0 bridgehead atoms. The monoisotopic (exact) mass is 447 g/mol. The molecule has 1 aliphatic carbocycles. The summed E-state index contributed by atoms with van der Waals surface area (Å²) in [5.41, 5.74) is 9.31. The van der Waals surface area contributed by atoms with Gasteiger partial charge in [-0.05, 0) is 54.7 Å². The molecule has 162 valence electrons. The summed E-state index contributed by atoms with van der Waals surface area (Å²) >= 11 is 8.42. The van der Waals surface area contributed by atoms with Gasteiger partial charge in [-0.25, -0.2) is 4.98 Å². The molecule has 1 aliphatic heterocycles. The lowest BCUT2D eigenvalue weighted by Crippen LogP contribution is -2.26. The minimum absolute atomic E-state index is 0.144. The van der Waals surface area contributed by atoms with Crippen LogP contribution in [0.1, 0.15) is 43.1 Å². The fourth-order valence-corrected chi connectivity index (χ4v) is 6.64. The van der Waals surface area contributed by atoms with Crippen LogP contribution in [0.3, 0.4) is 0 Å². The molecule has 6 nitrogen and oxygen atoms in total. The number of thioether (sulfide) groups is 1. The first-order valence-electron chi connectivity index (χ1n) is 10.6. The van der Waals surface area contributed by atoms with Crippen LogP contribution in [0.5, 0.6) is 0 Å². The molecule has 1 fully saturated rings. The van der Waals surface area contributed by atoms with Crippen molar-refractivity contribution in [2.75, 3.05) is 30.0 Å². The Hall–Kier alpha value is -1.70. The van der Waals surface area contributed by atoms with Crippen LogP contribution >= 0.6 is 23.4 Å². The summed E-state index contributed by atoms with van der Waals surface area (Å²) in [5, 5.41) is 16.8. The second-order valence-electron chi connectivity index (χ2n) is 8.50. The van der Waals surface area contributed by atoms with Gasteiger partial charge in [0.15, 0.2) is 0 Å². The number of halogens is 1. The number of aromatic nitrogens is 2. The van der Waals surface area contributed by atoms with E-state index in [2.05, 4.69) is 52.6 Å². The number of nitrogens with two attached hydrogens (primary N) is 1. The largest absolute Gasteiger partial charge is 0.396 e. The highest BCUT2D eigenvalue weighted by atomic mass is 35.5. The van der Waals surface area contributed by atoms with Crippen LogP contribution in [0.4, 0.5) is 17.5 Å². The highest BCUT2D eigenvalue weighted by Crippen LogP contribution is 2.51. The number of rotatable bonds is 6. The second-order valence-corrected chi connectivity index (χ2v) is 10.1. The molecule has 2 heterocycles. The average Bonchev–Trinajstić information content (AvgIpc) is 3.23. The Morgan fingerprint density at radius 1 is 1.27 bits per heavy atom. The van der Waals surface area contributed by atoms with E-state index in [9.17, 15) is 5.11 Å². The van der Waals surface area contributed by atoms with E-state index in [0.717, 1.165) is 36.3 Å². The zero-order valence-electron chi connectivity index (χ0n) is 17.7. The topological polar surface area (TPSA) is 96.1 Å². The standard InChI is InChI=1S/C22H30ClN5OS/c1-11-12(2)16(8-13(11)6-7-29)26-21-19(20(23)27-22(24)28-21)18-9-14-4-5-15(25-3)10-17(14)30-18/h4-5,10-13,16,18,25,29H,6-9H2,1-3H3,(H3,24,26,27,28). The molecule has 5 unspecified atom stereocenters. The van der Waals surface area contributed by atoms with Gasteiger partial charge >= 0.3 is 0 Å². The van der Waals surface area contributed by atoms with Gasteiger partial charge in [-0.1, -0.05) is 31.5 Å². The summed E-state index contributed by atoms with van der Waals surface area (Å²) in [7, 11) is 1.93. The summed E-state index contributed by atoms with van der Waals surface area (Å²) in [6.45, 7) is 4.78. The number of nitrogens with one attached hydrogen (secondary N) is 2. The maximum atomic E-state index is 9.41. The quantitative estimate of drug-likeness (QED) is 0.480.